The predicted octanol–water partition coefficient (Wildman–Crippen LogP) is 2.37. The van der Waals surface area contributed by atoms with Crippen LogP contribution >= 0.6 is 11.8 Å². The van der Waals surface area contributed by atoms with Gasteiger partial charge in [-0.05, 0) is 6.42 Å². The Labute approximate surface area is 118 Å². The second kappa shape index (κ2) is 5.41. The minimum Gasteiger partial charge on any atom is -0.486 e. The van der Waals surface area contributed by atoms with Crippen LogP contribution in [0.25, 0.3) is 0 Å². The van der Waals surface area contributed by atoms with E-state index < -0.39 is 0 Å². The topological polar surface area (TPSA) is 47.7 Å². The van der Waals surface area contributed by atoms with Crippen LogP contribution in [0.2, 0.25) is 0 Å². The Morgan fingerprint density at radius 2 is 2.05 bits per heavy atom. The third kappa shape index (κ3) is 2.56. The van der Waals surface area contributed by atoms with Crippen molar-refractivity contribution in [2.75, 3.05) is 42.7 Å². The van der Waals surface area contributed by atoms with Gasteiger partial charge in [-0.2, -0.15) is 11.8 Å². The molecule has 2 aliphatic rings. The van der Waals surface area contributed by atoms with Crippen molar-refractivity contribution in [3.05, 3.63) is 12.1 Å². The summed E-state index contributed by atoms with van der Waals surface area (Å²) in [6, 6.07) is 3.93. The molecule has 1 aromatic rings. The highest BCUT2D eigenvalue weighted by Crippen LogP contribution is 2.39. The summed E-state index contributed by atoms with van der Waals surface area (Å²) in [5, 5.41) is 0.696. The van der Waals surface area contributed by atoms with Crippen molar-refractivity contribution in [1.82, 2.24) is 0 Å². The van der Waals surface area contributed by atoms with Gasteiger partial charge in [0.25, 0.3) is 0 Å². The first-order chi connectivity index (χ1) is 9.28. The van der Waals surface area contributed by atoms with Crippen LogP contribution in [0.4, 0.5) is 11.4 Å². The van der Waals surface area contributed by atoms with Gasteiger partial charge in [0.05, 0.1) is 11.4 Å². The van der Waals surface area contributed by atoms with E-state index in [-0.39, 0.29) is 0 Å². The van der Waals surface area contributed by atoms with Crippen LogP contribution in [0.3, 0.4) is 0 Å². The van der Waals surface area contributed by atoms with Gasteiger partial charge in [0.1, 0.15) is 13.2 Å². The molecule has 2 N–H and O–H groups in total. The fourth-order valence-electron chi connectivity index (χ4n) is 2.55. The molecule has 1 unspecified atom stereocenters. The smallest absolute Gasteiger partial charge is 0.163 e. The van der Waals surface area contributed by atoms with Crippen molar-refractivity contribution >= 4 is 23.1 Å². The first-order valence-corrected chi connectivity index (χ1v) is 7.88. The fourth-order valence-corrected chi connectivity index (χ4v) is 3.73. The standard InChI is InChI=1S/C14H20N2O2S/c1-2-10-9-16(3-6-19-10)12-8-14-13(7-11(12)15)17-4-5-18-14/h7-8,10H,2-6,9,15H2,1H3. The quantitative estimate of drug-likeness (QED) is 0.843. The van der Waals surface area contributed by atoms with Gasteiger partial charge in [-0.3, -0.25) is 0 Å². The van der Waals surface area contributed by atoms with Gasteiger partial charge in [-0.15, -0.1) is 0 Å². The number of anilines is 2. The number of hydrogen-bond donors (Lipinski definition) is 1. The number of ether oxygens (including phenoxy) is 2. The Morgan fingerprint density at radius 3 is 2.79 bits per heavy atom. The zero-order valence-corrected chi connectivity index (χ0v) is 12.0. The largest absolute Gasteiger partial charge is 0.486 e. The van der Waals surface area contributed by atoms with Crippen LogP contribution in [0.5, 0.6) is 11.5 Å². The zero-order valence-electron chi connectivity index (χ0n) is 11.2. The monoisotopic (exact) mass is 280 g/mol. The average molecular weight is 280 g/mol. The molecule has 0 amide bonds. The Morgan fingerprint density at radius 1 is 1.32 bits per heavy atom. The molecule has 0 spiro atoms. The summed E-state index contributed by atoms with van der Waals surface area (Å²) >= 11 is 2.06. The number of nitrogens with two attached hydrogens (primary N) is 1. The van der Waals surface area contributed by atoms with E-state index in [0.717, 1.165) is 41.7 Å². The molecule has 2 heterocycles. The highest BCUT2D eigenvalue weighted by atomic mass is 32.2. The second-order valence-corrected chi connectivity index (χ2v) is 6.31. The molecule has 5 heteroatoms. The van der Waals surface area contributed by atoms with E-state index in [1.54, 1.807) is 0 Å². The van der Waals surface area contributed by atoms with Crippen molar-refractivity contribution in [3.8, 4) is 11.5 Å². The summed E-state index contributed by atoms with van der Waals surface area (Å²) < 4.78 is 11.2. The highest BCUT2D eigenvalue weighted by molar-refractivity contribution is 8.00. The molecule has 19 heavy (non-hydrogen) atoms. The Kier molecular flexibility index (Phi) is 3.64. The molecule has 1 aromatic carbocycles. The van der Waals surface area contributed by atoms with E-state index in [0.29, 0.717) is 18.5 Å². The molecular weight excluding hydrogens is 260 g/mol. The molecule has 104 valence electrons. The van der Waals surface area contributed by atoms with Crippen LogP contribution in [0.15, 0.2) is 12.1 Å². The highest BCUT2D eigenvalue weighted by Gasteiger charge is 2.23. The lowest BCUT2D eigenvalue weighted by Crippen LogP contribution is -2.38. The third-order valence-corrected chi connectivity index (χ3v) is 5.00. The zero-order chi connectivity index (χ0) is 13.2. The van der Waals surface area contributed by atoms with E-state index >= 15 is 0 Å². The van der Waals surface area contributed by atoms with Gasteiger partial charge in [0.2, 0.25) is 0 Å². The van der Waals surface area contributed by atoms with E-state index in [1.807, 2.05) is 12.1 Å². The van der Waals surface area contributed by atoms with Crippen LogP contribution in [0.1, 0.15) is 13.3 Å². The lowest BCUT2D eigenvalue weighted by atomic mass is 10.2. The Balaban J connectivity index is 1.87. The van der Waals surface area contributed by atoms with Crippen molar-refractivity contribution in [2.24, 2.45) is 0 Å². The number of rotatable bonds is 2. The van der Waals surface area contributed by atoms with Gasteiger partial charge in [-0.25, -0.2) is 0 Å². The molecule has 3 rings (SSSR count). The summed E-state index contributed by atoms with van der Waals surface area (Å²) in [6.45, 7) is 5.57. The minimum absolute atomic E-state index is 0.601. The van der Waals surface area contributed by atoms with Crippen LogP contribution in [0, 0.1) is 0 Å². The first-order valence-electron chi connectivity index (χ1n) is 6.83. The molecule has 1 atom stereocenters. The van der Waals surface area contributed by atoms with Gasteiger partial charge < -0.3 is 20.1 Å². The number of benzene rings is 1. The summed E-state index contributed by atoms with van der Waals surface area (Å²) in [5.74, 6) is 2.75. The van der Waals surface area contributed by atoms with E-state index in [1.165, 1.54) is 6.42 Å². The van der Waals surface area contributed by atoms with Crippen LogP contribution < -0.4 is 20.1 Å². The molecule has 0 radical (unpaired) electrons. The minimum atomic E-state index is 0.601. The van der Waals surface area contributed by atoms with Crippen molar-refractivity contribution in [1.29, 1.82) is 0 Å². The number of nitrogens with zero attached hydrogens (tertiary/aromatic N) is 1. The lowest BCUT2D eigenvalue weighted by Gasteiger charge is -2.35. The number of nitrogen functional groups attached to an aromatic ring is 1. The van der Waals surface area contributed by atoms with Gasteiger partial charge in [0.15, 0.2) is 11.5 Å². The van der Waals surface area contributed by atoms with Crippen molar-refractivity contribution < 1.29 is 9.47 Å². The maximum absolute atomic E-state index is 6.18. The molecule has 1 saturated heterocycles. The van der Waals surface area contributed by atoms with E-state index in [2.05, 4.69) is 23.6 Å². The first kappa shape index (κ1) is 12.8. The Hall–Kier alpha value is -1.23. The maximum Gasteiger partial charge on any atom is 0.163 e. The lowest BCUT2D eigenvalue weighted by molar-refractivity contribution is 0.172. The fraction of sp³-hybridized carbons (Fsp3) is 0.571. The molecule has 0 saturated carbocycles. The van der Waals surface area contributed by atoms with Crippen LogP contribution in [-0.4, -0.2) is 37.3 Å². The summed E-state index contributed by atoms with van der Waals surface area (Å²) in [5.41, 5.74) is 8.05. The molecule has 4 nitrogen and oxygen atoms in total. The van der Waals surface area contributed by atoms with E-state index in [9.17, 15) is 0 Å². The van der Waals surface area contributed by atoms with E-state index in [4.69, 9.17) is 15.2 Å². The summed E-state index contributed by atoms with van der Waals surface area (Å²) in [6.07, 6.45) is 1.20. The van der Waals surface area contributed by atoms with Crippen molar-refractivity contribution in [2.45, 2.75) is 18.6 Å². The molecular formula is C14H20N2O2S. The number of hydrogen-bond acceptors (Lipinski definition) is 5. The summed E-state index contributed by atoms with van der Waals surface area (Å²) in [4.78, 5) is 2.37. The molecule has 1 fully saturated rings. The normalized spacial score (nSPS) is 22.4. The summed E-state index contributed by atoms with van der Waals surface area (Å²) in [7, 11) is 0. The molecule has 0 aliphatic carbocycles. The molecule has 2 aliphatic heterocycles. The van der Waals surface area contributed by atoms with Crippen LogP contribution in [-0.2, 0) is 0 Å². The number of fused-ring (bicyclic) bond motifs is 1. The Bertz CT molecular complexity index is 467. The average Bonchev–Trinajstić information content (AvgIpc) is 2.46. The maximum atomic E-state index is 6.18. The molecule has 0 aromatic heterocycles. The SMILES string of the molecule is CCC1CN(c2cc3c(cc2N)OCCO3)CCS1. The van der Waals surface area contributed by atoms with Gasteiger partial charge in [-0.1, -0.05) is 6.92 Å². The number of thioether (sulfide) groups is 1. The predicted molar refractivity (Wildman–Crippen MR) is 80.6 cm³/mol. The molecule has 0 bridgehead atoms. The van der Waals surface area contributed by atoms with Gasteiger partial charge in [0, 0.05) is 36.2 Å². The second-order valence-electron chi connectivity index (χ2n) is 4.90. The van der Waals surface area contributed by atoms with Crippen molar-refractivity contribution in [3.63, 3.8) is 0 Å². The van der Waals surface area contributed by atoms with Gasteiger partial charge >= 0.3 is 0 Å². The third-order valence-electron chi connectivity index (χ3n) is 3.63.